The Hall–Kier alpha value is -2.86. The summed E-state index contributed by atoms with van der Waals surface area (Å²) in [5, 5.41) is -0.310. The number of carbonyl (C=O) groups excluding carboxylic acids is 2. The lowest BCUT2D eigenvalue weighted by Gasteiger charge is -2.46. The number of halogens is 1. The summed E-state index contributed by atoms with van der Waals surface area (Å²) in [6.07, 6.45) is 4.10. The third kappa shape index (κ3) is 4.36. The minimum absolute atomic E-state index is 0.0950. The van der Waals surface area contributed by atoms with Gasteiger partial charge in [-0.3, -0.25) is 14.5 Å². The smallest absolute Gasteiger partial charge is 0.293 e. The Balaban J connectivity index is 1.67. The monoisotopic (exact) mass is 464 g/mol. The van der Waals surface area contributed by atoms with Crippen molar-refractivity contribution in [2.45, 2.75) is 59.7 Å². The molecule has 1 saturated heterocycles. The molecular weight excluding hydrogens is 435 g/mol. The number of benzene rings is 2. The first kappa shape index (κ1) is 23.3. The number of aryl methyl sites for hydroxylation is 1. The lowest BCUT2D eigenvalue weighted by atomic mass is 9.86. The molecule has 1 fully saturated rings. The SMILES string of the molecule is CC1=CC(C)(C)N(C(C)C)c2cc(C)c(/C=C3\SC(=O)N(Cc4ccc(F)cc4)C3=O)cc21. The molecule has 0 saturated carbocycles. The van der Waals surface area contributed by atoms with E-state index < -0.39 is 0 Å². The van der Waals surface area contributed by atoms with Crippen molar-refractivity contribution in [1.29, 1.82) is 0 Å². The second-order valence-corrected chi connectivity index (χ2v) is 10.6. The fourth-order valence-corrected chi connectivity index (χ4v) is 5.69. The van der Waals surface area contributed by atoms with Gasteiger partial charge in [-0.25, -0.2) is 4.39 Å². The van der Waals surface area contributed by atoms with Crippen molar-refractivity contribution in [3.05, 3.63) is 75.5 Å². The van der Waals surface area contributed by atoms with Crippen molar-refractivity contribution < 1.29 is 14.0 Å². The van der Waals surface area contributed by atoms with Crippen LogP contribution >= 0.6 is 11.8 Å². The molecule has 2 aliphatic rings. The van der Waals surface area contributed by atoms with Crippen LogP contribution in [-0.4, -0.2) is 27.6 Å². The van der Waals surface area contributed by atoms with E-state index in [1.807, 2.05) is 13.0 Å². The van der Waals surface area contributed by atoms with Gasteiger partial charge in [0.1, 0.15) is 5.82 Å². The van der Waals surface area contributed by atoms with Crippen LogP contribution in [0.5, 0.6) is 0 Å². The Morgan fingerprint density at radius 1 is 1.09 bits per heavy atom. The van der Waals surface area contributed by atoms with E-state index in [2.05, 4.69) is 57.7 Å². The quantitative estimate of drug-likeness (QED) is 0.468. The fourth-order valence-electron chi connectivity index (χ4n) is 4.86. The van der Waals surface area contributed by atoms with E-state index >= 15 is 0 Å². The average Bonchev–Trinajstić information content (AvgIpc) is 2.97. The van der Waals surface area contributed by atoms with Crippen LogP contribution < -0.4 is 4.90 Å². The first-order valence-electron chi connectivity index (χ1n) is 11.1. The van der Waals surface area contributed by atoms with Gasteiger partial charge in [0, 0.05) is 17.3 Å². The average molecular weight is 465 g/mol. The van der Waals surface area contributed by atoms with Crippen LogP contribution in [0.25, 0.3) is 11.6 Å². The Morgan fingerprint density at radius 2 is 1.76 bits per heavy atom. The molecule has 4 rings (SSSR count). The molecule has 0 aliphatic carbocycles. The molecule has 2 aromatic carbocycles. The summed E-state index contributed by atoms with van der Waals surface area (Å²) in [6.45, 7) is 13.1. The largest absolute Gasteiger partial charge is 0.360 e. The molecule has 2 amide bonds. The molecule has 2 heterocycles. The molecule has 0 radical (unpaired) electrons. The predicted octanol–water partition coefficient (Wildman–Crippen LogP) is 6.78. The summed E-state index contributed by atoms with van der Waals surface area (Å²) in [5.41, 5.74) is 6.13. The summed E-state index contributed by atoms with van der Waals surface area (Å²) >= 11 is 0.951. The fraction of sp³-hybridized carbons (Fsp3) is 0.333. The highest BCUT2D eigenvalue weighted by Gasteiger charge is 2.36. The van der Waals surface area contributed by atoms with E-state index in [4.69, 9.17) is 0 Å². The van der Waals surface area contributed by atoms with E-state index in [-0.39, 0.29) is 29.0 Å². The van der Waals surface area contributed by atoms with Gasteiger partial charge in [0.25, 0.3) is 11.1 Å². The molecule has 33 heavy (non-hydrogen) atoms. The van der Waals surface area contributed by atoms with Crippen molar-refractivity contribution in [2.24, 2.45) is 0 Å². The lowest BCUT2D eigenvalue weighted by molar-refractivity contribution is -0.123. The molecule has 4 nitrogen and oxygen atoms in total. The van der Waals surface area contributed by atoms with Gasteiger partial charge in [-0.1, -0.05) is 18.2 Å². The molecule has 172 valence electrons. The molecular formula is C27H29FN2O2S. The second-order valence-electron chi connectivity index (χ2n) is 9.57. The first-order valence-corrected chi connectivity index (χ1v) is 11.9. The molecule has 6 heteroatoms. The number of amides is 2. The zero-order valence-electron chi connectivity index (χ0n) is 19.9. The minimum atomic E-state index is -0.348. The van der Waals surface area contributed by atoms with Crippen molar-refractivity contribution in [3.8, 4) is 0 Å². The van der Waals surface area contributed by atoms with Gasteiger partial charge in [-0.2, -0.15) is 0 Å². The molecule has 0 N–H and O–H groups in total. The van der Waals surface area contributed by atoms with Gasteiger partial charge in [-0.15, -0.1) is 0 Å². The molecule has 2 aliphatic heterocycles. The van der Waals surface area contributed by atoms with Gasteiger partial charge >= 0.3 is 0 Å². The molecule has 0 unspecified atom stereocenters. The number of thioether (sulfide) groups is 1. The van der Waals surface area contributed by atoms with Gasteiger partial charge in [0.05, 0.1) is 17.0 Å². The number of allylic oxidation sites excluding steroid dienone is 1. The zero-order chi connectivity index (χ0) is 24.1. The van der Waals surface area contributed by atoms with E-state index in [1.54, 1.807) is 12.1 Å². The highest BCUT2D eigenvalue weighted by Crippen LogP contribution is 2.42. The third-order valence-electron chi connectivity index (χ3n) is 6.19. The lowest BCUT2D eigenvalue weighted by Crippen LogP contribution is -2.49. The summed E-state index contributed by atoms with van der Waals surface area (Å²) in [4.78, 5) is 29.6. The Labute approximate surface area is 199 Å². The number of hydrogen-bond donors (Lipinski definition) is 0. The number of anilines is 1. The van der Waals surface area contributed by atoms with Crippen molar-refractivity contribution in [3.63, 3.8) is 0 Å². The summed E-state index contributed by atoms with van der Waals surface area (Å²) in [7, 11) is 0. The van der Waals surface area contributed by atoms with Crippen molar-refractivity contribution >= 4 is 40.2 Å². The number of imide groups is 1. The maximum atomic E-state index is 13.2. The highest BCUT2D eigenvalue weighted by molar-refractivity contribution is 8.18. The van der Waals surface area contributed by atoms with Crippen LogP contribution in [0.15, 0.2) is 47.4 Å². The molecule has 0 bridgehead atoms. The van der Waals surface area contributed by atoms with Crippen LogP contribution in [0.3, 0.4) is 0 Å². The first-order chi connectivity index (χ1) is 15.5. The molecule has 0 aromatic heterocycles. The second kappa shape index (κ2) is 8.49. The van der Waals surface area contributed by atoms with Crippen LogP contribution in [-0.2, 0) is 11.3 Å². The van der Waals surface area contributed by atoms with Crippen LogP contribution in [0, 0.1) is 12.7 Å². The van der Waals surface area contributed by atoms with E-state index in [0.717, 1.165) is 28.5 Å². The summed E-state index contributed by atoms with van der Waals surface area (Å²) in [6, 6.07) is 10.5. The predicted molar refractivity (Wildman–Crippen MR) is 134 cm³/mol. The molecule has 2 aromatic rings. The molecule has 0 spiro atoms. The minimum Gasteiger partial charge on any atom is -0.360 e. The van der Waals surface area contributed by atoms with Gasteiger partial charge in [-0.05, 0) is 106 Å². The number of fused-ring (bicyclic) bond motifs is 1. The Kier molecular flexibility index (Phi) is 5.99. The summed E-state index contributed by atoms with van der Waals surface area (Å²) < 4.78 is 13.2. The number of rotatable bonds is 4. The normalized spacial score (nSPS) is 18.9. The van der Waals surface area contributed by atoms with Crippen LogP contribution in [0.1, 0.15) is 56.9 Å². The number of hydrogen-bond acceptors (Lipinski definition) is 4. The van der Waals surface area contributed by atoms with Gasteiger partial charge in [0.2, 0.25) is 0 Å². The van der Waals surface area contributed by atoms with Crippen LogP contribution in [0.4, 0.5) is 14.9 Å². The molecule has 0 atom stereocenters. The van der Waals surface area contributed by atoms with E-state index in [0.29, 0.717) is 16.5 Å². The highest BCUT2D eigenvalue weighted by atomic mass is 32.2. The number of nitrogens with zero attached hydrogens (tertiary/aromatic N) is 2. The Bertz CT molecular complexity index is 1200. The van der Waals surface area contributed by atoms with Crippen molar-refractivity contribution in [1.82, 2.24) is 4.90 Å². The van der Waals surface area contributed by atoms with Gasteiger partial charge in [0.15, 0.2) is 0 Å². The van der Waals surface area contributed by atoms with E-state index in [1.165, 1.54) is 28.3 Å². The third-order valence-corrected chi connectivity index (χ3v) is 7.10. The standard InChI is InChI=1S/C27H29FN2O2S/c1-16(2)30-23-11-17(3)20(12-22(23)18(4)14-27(30,5)6)13-24-25(31)29(26(32)33-24)15-19-7-9-21(28)10-8-19/h7-14,16H,15H2,1-6H3/b24-13-. The van der Waals surface area contributed by atoms with Crippen LogP contribution in [0.2, 0.25) is 0 Å². The van der Waals surface area contributed by atoms with Crippen molar-refractivity contribution in [2.75, 3.05) is 4.90 Å². The number of carbonyl (C=O) groups is 2. The maximum Gasteiger partial charge on any atom is 0.293 e. The summed E-state index contributed by atoms with van der Waals surface area (Å²) in [5.74, 6) is -0.664. The van der Waals surface area contributed by atoms with E-state index in [9.17, 15) is 14.0 Å². The zero-order valence-corrected chi connectivity index (χ0v) is 20.7. The van der Waals surface area contributed by atoms with Gasteiger partial charge < -0.3 is 4.90 Å². The Morgan fingerprint density at radius 3 is 2.39 bits per heavy atom. The topological polar surface area (TPSA) is 40.6 Å². The maximum absolute atomic E-state index is 13.2.